The Hall–Kier alpha value is -1.20. The highest BCUT2D eigenvalue weighted by Gasteiger charge is 2.35. The van der Waals surface area contributed by atoms with Crippen molar-refractivity contribution >= 4 is 5.82 Å². The summed E-state index contributed by atoms with van der Waals surface area (Å²) in [6.07, 6.45) is 7.70. The van der Waals surface area contributed by atoms with E-state index in [2.05, 4.69) is 31.4 Å². The maximum Gasteiger partial charge on any atom is 0.151 e. The number of piperidine rings is 3. The molecule has 130 valence electrons. The third-order valence-electron chi connectivity index (χ3n) is 6.66. The molecular weight excluding hydrogens is 298 g/mol. The summed E-state index contributed by atoms with van der Waals surface area (Å²) in [4.78, 5) is 5.04. The first kappa shape index (κ1) is 15.1. The number of anilines is 1. The van der Waals surface area contributed by atoms with E-state index in [0.29, 0.717) is 0 Å². The van der Waals surface area contributed by atoms with Crippen molar-refractivity contribution in [2.24, 2.45) is 11.8 Å². The van der Waals surface area contributed by atoms with Crippen molar-refractivity contribution in [3.63, 3.8) is 0 Å². The van der Waals surface area contributed by atoms with Gasteiger partial charge in [-0.25, -0.2) is 0 Å². The molecule has 5 heterocycles. The Kier molecular flexibility index (Phi) is 3.94. The Morgan fingerprint density at radius 2 is 1.88 bits per heavy atom. The van der Waals surface area contributed by atoms with E-state index in [-0.39, 0.29) is 0 Å². The largest absolute Gasteiger partial charge is 0.354 e. The number of aromatic nitrogens is 2. The van der Waals surface area contributed by atoms with Crippen LogP contribution in [0.1, 0.15) is 36.9 Å². The smallest absolute Gasteiger partial charge is 0.151 e. The van der Waals surface area contributed by atoms with E-state index >= 15 is 0 Å². The predicted molar refractivity (Wildman–Crippen MR) is 95.3 cm³/mol. The molecule has 0 amide bonds. The number of fused-ring (bicyclic) bond motifs is 4. The van der Waals surface area contributed by atoms with Crippen LogP contribution in [-0.2, 0) is 12.8 Å². The lowest BCUT2D eigenvalue weighted by Gasteiger charge is -2.47. The van der Waals surface area contributed by atoms with Gasteiger partial charge in [0, 0.05) is 38.1 Å². The molecule has 5 aliphatic rings. The van der Waals surface area contributed by atoms with Crippen LogP contribution in [-0.4, -0.2) is 60.4 Å². The Bertz CT molecular complexity index is 589. The van der Waals surface area contributed by atoms with Gasteiger partial charge < -0.3 is 15.1 Å². The first-order valence-electron chi connectivity index (χ1n) is 9.91. The molecule has 4 saturated heterocycles. The van der Waals surface area contributed by atoms with Crippen molar-refractivity contribution in [2.45, 2.75) is 44.6 Å². The molecule has 1 atom stereocenters. The zero-order valence-corrected chi connectivity index (χ0v) is 14.6. The molecule has 0 radical (unpaired) electrons. The van der Waals surface area contributed by atoms with Crippen molar-refractivity contribution < 1.29 is 0 Å². The second kappa shape index (κ2) is 6.26. The Morgan fingerprint density at radius 3 is 2.67 bits per heavy atom. The van der Waals surface area contributed by atoms with Crippen molar-refractivity contribution in [1.82, 2.24) is 20.4 Å². The molecule has 5 heteroatoms. The molecule has 0 spiro atoms. The highest BCUT2D eigenvalue weighted by Crippen LogP contribution is 2.29. The lowest BCUT2D eigenvalue weighted by atomic mass is 9.83. The Balaban J connectivity index is 1.12. The van der Waals surface area contributed by atoms with Crippen molar-refractivity contribution in [2.75, 3.05) is 44.2 Å². The molecule has 6 rings (SSSR count). The molecule has 2 bridgehead atoms. The zero-order chi connectivity index (χ0) is 15.9. The van der Waals surface area contributed by atoms with Crippen LogP contribution in [0.3, 0.4) is 0 Å². The van der Waals surface area contributed by atoms with Crippen molar-refractivity contribution in [3.8, 4) is 0 Å². The summed E-state index contributed by atoms with van der Waals surface area (Å²) in [5, 5.41) is 12.8. The van der Waals surface area contributed by atoms with Gasteiger partial charge in [-0.05, 0) is 69.2 Å². The Labute approximate surface area is 144 Å². The number of hydrogen-bond donors (Lipinski definition) is 1. The molecular formula is C19H29N5. The maximum absolute atomic E-state index is 4.48. The molecule has 1 aromatic rings. The van der Waals surface area contributed by atoms with Gasteiger partial charge in [-0.15, -0.1) is 5.10 Å². The van der Waals surface area contributed by atoms with Crippen LogP contribution in [0.15, 0.2) is 6.07 Å². The monoisotopic (exact) mass is 327 g/mol. The van der Waals surface area contributed by atoms with E-state index in [1.165, 1.54) is 69.5 Å². The quantitative estimate of drug-likeness (QED) is 0.907. The van der Waals surface area contributed by atoms with E-state index < -0.39 is 0 Å². The normalized spacial score (nSPS) is 32.5. The second-order valence-electron chi connectivity index (χ2n) is 8.31. The van der Waals surface area contributed by atoms with Gasteiger partial charge in [0.1, 0.15) is 0 Å². The van der Waals surface area contributed by atoms with Crippen molar-refractivity contribution in [3.05, 3.63) is 17.3 Å². The van der Waals surface area contributed by atoms with Gasteiger partial charge in [0.05, 0.1) is 5.69 Å². The number of nitrogens with zero attached hydrogens (tertiary/aromatic N) is 4. The van der Waals surface area contributed by atoms with Crippen LogP contribution in [0, 0.1) is 11.8 Å². The second-order valence-corrected chi connectivity index (χ2v) is 8.31. The fourth-order valence-corrected chi connectivity index (χ4v) is 5.03. The van der Waals surface area contributed by atoms with Crippen molar-refractivity contribution in [1.29, 1.82) is 0 Å². The van der Waals surface area contributed by atoms with Gasteiger partial charge in [0.15, 0.2) is 5.82 Å². The molecule has 24 heavy (non-hydrogen) atoms. The van der Waals surface area contributed by atoms with E-state index in [0.717, 1.165) is 43.2 Å². The van der Waals surface area contributed by atoms with Crippen LogP contribution < -0.4 is 10.2 Å². The molecule has 1 aliphatic carbocycles. The summed E-state index contributed by atoms with van der Waals surface area (Å²) in [6.45, 7) is 7.39. The van der Waals surface area contributed by atoms with Crippen LogP contribution in [0.4, 0.5) is 5.82 Å². The fourth-order valence-electron chi connectivity index (χ4n) is 5.03. The van der Waals surface area contributed by atoms with E-state index in [9.17, 15) is 0 Å². The van der Waals surface area contributed by atoms with Crippen LogP contribution in [0.2, 0.25) is 0 Å². The van der Waals surface area contributed by atoms with E-state index in [1.54, 1.807) is 0 Å². The molecule has 4 aliphatic heterocycles. The lowest BCUT2D eigenvalue weighted by molar-refractivity contribution is 0.0700. The van der Waals surface area contributed by atoms with Gasteiger partial charge in [-0.2, -0.15) is 5.10 Å². The van der Waals surface area contributed by atoms with E-state index in [4.69, 9.17) is 0 Å². The number of aryl methyl sites for hydroxylation is 2. The van der Waals surface area contributed by atoms with Gasteiger partial charge in [-0.3, -0.25) is 0 Å². The summed E-state index contributed by atoms with van der Waals surface area (Å²) in [5.41, 5.74) is 2.69. The molecule has 1 aromatic heterocycles. The number of rotatable bonds is 4. The minimum absolute atomic E-state index is 0.741. The van der Waals surface area contributed by atoms with Crippen LogP contribution >= 0.6 is 0 Å². The third-order valence-corrected chi connectivity index (χ3v) is 6.66. The molecule has 0 saturated carbocycles. The minimum Gasteiger partial charge on any atom is -0.354 e. The maximum atomic E-state index is 4.48. The number of nitrogens with one attached hydrogen (secondary N) is 1. The zero-order valence-electron chi connectivity index (χ0n) is 14.6. The highest BCUT2D eigenvalue weighted by atomic mass is 15.3. The fraction of sp³-hybridized carbons (Fsp3) is 0.789. The molecule has 1 unspecified atom stereocenters. The van der Waals surface area contributed by atoms with Crippen LogP contribution in [0.5, 0.6) is 0 Å². The van der Waals surface area contributed by atoms with Gasteiger partial charge >= 0.3 is 0 Å². The first-order chi connectivity index (χ1) is 11.8. The summed E-state index contributed by atoms with van der Waals surface area (Å²) >= 11 is 0. The summed E-state index contributed by atoms with van der Waals surface area (Å²) in [7, 11) is 0. The molecule has 4 fully saturated rings. The van der Waals surface area contributed by atoms with Gasteiger partial charge in [0.25, 0.3) is 0 Å². The first-order valence-corrected chi connectivity index (χ1v) is 9.91. The molecule has 5 nitrogen and oxygen atoms in total. The third kappa shape index (κ3) is 2.82. The van der Waals surface area contributed by atoms with E-state index in [1.807, 2.05) is 0 Å². The van der Waals surface area contributed by atoms with Crippen LogP contribution in [0.25, 0.3) is 0 Å². The highest BCUT2D eigenvalue weighted by molar-refractivity contribution is 5.44. The van der Waals surface area contributed by atoms with Gasteiger partial charge in [-0.1, -0.05) is 0 Å². The molecule has 0 aromatic carbocycles. The summed E-state index contributed by atoms with van der Waals surface area (Å²) < 4.78 is 0. The topological polar surface area (TPSA) is 44.3 Å². The standard InChI is InChI=1S/C19H29N5/c1-2-4-17-16(3-1)9-19(22-21-17)24-11-14(12-24)10-20-18-13-23-7-5-15(18)6-8-23/h9,14-15,18,20H,1-8,10-13H2. The number of hydrogen-bond acceptors (Lipinski definition) is 5. The average Bonchev–Trinajstić information content (AvgIpc) is 2.61. The lowest BCUT2D eigenvalue weighted by Crippen LogP contribution is -2.59. The Morgan fingerprint density at radius 1 is 1.04 bits per heavy atom. The predicted octanol–water partition coefficient (Wildman–Crippen LogP) is 1.48. The minimum atomic E-state index is 0.741. The average molecular weight is 327 g/mol. The summed E-state index contributed by atoms with van der Waals surface area (Å²) in [6, 6.07) is 3.04. The van der Waals surface area contributed by atoms with Gasteiger partial charge in [0.2, 0.25) is 0 Å². The SMILES string of the molecule is c1c(N2CC(CNC3CN4CCC3CC4)C2)nnc2c1CCCC2. The summed E-state index contributed by atoms with van der Waals surface area (Å²) in [5.74, 6) is 2.81. The molecule has 1 N–H and O–H groups in total.